The number of phenols is 1. The van der Waals surface area contributed by atoms with E-state index in [1.807, 2.05) is 35.8 Å². The molecule has 0 saturated carbocycles. The first-order valence-corrected chi connectivity index (χ1v) is 10.2. The minimum atomic E-state index is -0.552. The predicted molar refractivity (Wildman–Crippen MR) is 119 cm³/mol. The first-order valence-electron chi connectivity index (χ1n) is 9.28. The molecule has 0 saturated heterocycles. The molecule has 2 amide bonds. The van der Waals surface area contributed by atoms with Crippen molar-refractivity contribution >= 4 is 34.7 Å². The Morgan fingerprint density at radius 2 is 1.80 bits per heavy atom. The zero-order valence-electron chi connectivity index (χ0n) is 16.7. The molecule has 1 heterocycles. The topological polar surface area (TPSA) is 90.9 Å². The van der Waals surface area contributed by atoms with Crippen LogP contribution in [0.25, 0.3) is 11.1 Å². The normalized spacial score (nSPS) is 10.6. The fourth-order valence-electron chi connectivity index (χ4n) is 2.62. The Morgan fingerprint density at radius 3 is 2.47 bits per heavy atom. The first-order chi connectivity index (χ1) is 14.4. The Morgan fingerprint density at radius 1 is 1.03 bits per heavy atom. The van der Waals surface area contributed by atoms with Crippen LogP contribution in [0.5, 0.6) is 5.75 Å². The summed E-state index contributed by atoms with van der Waals surface area (Å²) in [5.41, 5.74) is 3.15. The molecule has 3 aromatic rings. The molecule has 0 atom stereocenters. The number of amides is 2. The molecule has 0 unspecified atom stereocenters. The fourth-order valence-corrected chi connectivity index (χ4v) is 3.28. The summed E-state index contributed by atoms with van der Waals surface area (Å²) >= 11 is 1.58. The second kappa shape index (κ2) is 9.91. The summed E-state index contributed by atoms with van der Waals surface area (Å²) in [5.74, 6) is -0.381. The smallest absolute Gasteiger partial charge is 0.411 e. The van der Waals surface area contributed by atoms with Crippen molar-refractivity contribution in [1.82, 2.24) is 4.90 Å². The van der Waals surface area contributed by atoms with Gasteiger partial charge in [0, 0.05) is 17.8 Å². The number of hydrogen-bond acceptors (Lipinski definition) is 6. The van der Waals surface area contributed by atoms with Crippen molar-refractivity contribution in [1.29, 1.82) is 0 Å². The van der Waals surface area contributed by atoms with Crippen molar-refractivity contribution in [3.05, 3.63) is 64.9 Å². The number of thiophene rings is 1. The van der Waals surface area contributed by atoms with Crippen LogP contribution in [0.3, 0.4) is 0 Å². The molecule has 0 radical (unpaired) electrons. The van der Waals surface area contributed by atoms with Crippen LogP contribution in [0, 0.1) is 0 Å². The third-order valence-corrected chi connectivity index (χ3v) is 4.95. The lowest BCUT2D eigenvalue weighted by Gasteiger charge is -2.11. The minimum Gasteiger partial charge on any atom is -0.506 e. The number of carbonyl (C=O) groups is 2. The molecule has 0 aliphatic carbocycles. The van der Waals surface area contributed by atoms with E-state index in [0.29, 0.717) is 23.5 Å². The average Bonchev–Trinajstić information content (AvgIpc) is 3.24. The lowest BCUT2D eigenvalue weighted by molar-refractivity contribution is 0.102. The molecule has 3 N–H and O–H groups in total. The number of nitrogens with zero attached hydrogens (tertiary/aromatic N) is 1. The van der Waals surface area contributed by atoms with E-state index in [4.69, 9.17) is 4.74 Å². The van der Waals surface area contributed by atoms with Gasteiger partial charge in [-0.2, -0.15) is 11.3 Å². The number of ether oxygens (including phenoxy) is 1. The number of nitrogens with one attached hydrogen (secondary N) is 2. The molecule has 156 valence electrons. The van der Waals surface area contributed by atoms with Crippen LogP contribution < -0.4 is 10.6 Å². The van der Waals surface area contributed by atoms with Crippen molar-refractivity contribution in [2.45, 2.75) is 0 Å². The van der Waals surface area contributed by atoms with Gasteiger partial charge in [0.25, 0.3) is 5.91 Å². The van der Waals surface area contributed by atoms with Gasteiger partial charge in [-0.25, -0.2) is 4.79 Å². The van der Waals surface area contributed by atoms with E-state index in [-0.39, 0.29) is 18.3 Å². The highest BCUT2D eigenvalue weighted by Crippen LogP contribution is 2.31. The van der Waals surface area contributed by atoms with E-state index >= 15 is 0 Å². The summed E-state index contributed by atoms with van der Waals surface area (Å²) in [4.78, 5) is 26.2. The molecule has 0 fully saturated rings. The van der Waals surface area contributed by atoms with Gasteiger partial charge in [0.15, 0.2) is 0 Å². The Kier molecular flexibility index (Phi) is 7.05. The van der Waals surface area contributed by atoms with Crippen molar-refractivity contribution in [3.63, 3.8) is 0 Å². The molecular formula is C22H23N3O4S. The highest BCUT2D eigenvalue weighted by Gasteiger charge is 2.11. The monoisotopic (exact) mass is 425 g/mol. The highest BCUT2D eigenvalue weighted by atomic mass is 32.1. The third-order valence-electron chi connectivity index (χ3n) is 4.26. The fraction of sp³-hybridized carbons (Fsp3) is 0.182. The molecule has 0 bridgehead atoms. The van der Waals surface area contributed by atoms with E-state index in [2.05, 4.69) is 10.6 Å². The van der Waals surface area contributed by atoms with Gasteiger partial charge < -0.3 is 20.1 Å². The van der Waals surface area contributed by atoms with E-state index in [0.717, 1.165) is 11.1 Å². The number of carbonyl (C=O) groups excluding carboxylic acids is 2. The second-order valence-electron chi connectivity index (χ2n) is 6.84. The van der Waals surface area contributed by atoms with E-state index in [9.17, 15) is 14.7 Å². The lowest BCUT2D eigenvalue weighted by Crippen LogP contribution is -2.22. The molecular weight excluding hydrogens is 402 g/mol. The Balaban J connectivity index is 1.61. The summed E-state index contributed by atoms with van der Waals surface area (Å²) in [5, 5.41) is 19.4. The summed E-state index contributed by atoms with van der Waals surface area (Å²) in [6.45, 7) is 0.917. The maximum absolute atomic E-state index is 12.6. The number of aromatic hydroxyl groups is 1. The van der Waals surface area contributed by atoms with Crippen LogP contribution in [0.4, 0.5) is 16.2 Å². The number of anilines is 2. The summed E-state index contributed by atoms with van der Waals surface area (Å²) in [6, 6.07) is 13.5. The van der Waals surface area contributed by atoms with Gasteiger partial charge >= 0.3 is 6.09 Å². The van der Waals surface area contributed by atoms with Crippen LogP contribution in [0.1, 0.15) is 10.4 Å². The van der Waals surface area contributed by atoms with E-state index in [1.54, 1.807) is 53.8 Å². The number of hydrogen-bond donors (Lipinski definition) is 3. The highest BCUT2D eigenvalue weighted by molar-refractivity contribution is 7.08. The Labute approximate surface area is 178 Å². The van der Waals surface area contributed by atoms with Gasteiger partial charge in [-0.15, -0.1) is 0 Å². The molecule has 1 aromatic heterocycles. The van der Waals surface area contributed by atoms with E-state index < -0.39 is 6.09 Å². The van der Waals surface area contributed by atoms with Crippen LogP contribution in [0.15, 0.2) is 59.3 Å². The summed E-state index contributed by atoms with van der Waals surface area (Å²) < 4.78 is 5.07. The third kappa shape index (κ3) is 5.82. The zero-order chi connectivity index (χ0) is 21.5. The van der Waals surface area contributed by atoms with Gasteiger partial charge in [0.1, 0.15) is 12.4 Å². The molecule has 0 aliphatic heterocycles. The van der Waals surface area contributed by atoms with Gasteiger partial charge in [-0.05, 0) is 78.4 Å². The average molecular weight is 426 g/mol. The molecule has 30 heavy (non-hydrogen) atoms. The van der Waals surface area contributed by atoms with Crippen molar-refractivity contribution < 1.29 is 19.4 Å². The first kappa shape index (κ1) is 21.4. The van der Waals surface area contributed by atoms with Crippen LogP contribution >= 0.6 is 11.3 Å². The number of benzene rings is 2. The SMILES string of the molecule is CN(C)CCOC(=O)Nc1ccc(C(=O)Nc2cc(-c3ccsc3)ccc2O)cc1. The van der Waals surface area contributed by atoms with Crippen LogP contribution in [-0.2, 0) is 4.74 Å². The zero-order valence-corrected chi connectivity index (χ0v) is 17.5. The van der Waals surface area contributed by atoms with Crippen molar-refractivity contribution in [2.75, 3.05) is 37.9 Å². The van der Waals surface area contributed by atoms with Gasteiger partial charge in [0.05, 0.1) is 5.69 Å². The maximum Gasteiger partial charge on any atom is 0.411 e. The quantitative estimate of drug-likeness (QED) is 0.486. The number of rotatable bonds is 7. The molecule has 0 aliphatic rings. The number of likely N-dealkylation sites (N-methyl/N-ethyl adjacent to an activating group) is 1. The Hall–Kier alpha value is -3.36. The van der Waals surface area contributed by atoms with Gasteiger partial charge in [-0.3, -0.25) is 10.1 Å². The Bertz CT molecular complexity index is 1000. The molecule has 7 nitrogen and oxygen atoms in total. The van der Waals surface area contributed by atoms with Crippen molar-refractivity contribution in [3.8, 4) is 16.9 Å². The molecule has 3 rings (SSSR count). The maximum atomic E-state index is 12.6. The van der Waals surface area contributed by atoms with Gasteiger partial charge in [-0.1, -0.05) is 6.07 Å². The van der Waals surface area contributed by atoms with Crippen LogP contribution in [-0.4, -0.2) is 49.3 Å². The summed E-state index contributed by atoms with van der Waals surface area (Å²) in [7, 11) is 3.78. The summed E-state index contributed by atoms with van der Waals surface area (Å²) in [6.07, 6.45) is -0.552. The second-order valence-corrected chi connectivity index (χ2v) is 7.62. The molecule has 0 spiro atoms. The van der Waals surface area contributed by atoms with E-state index in [1.165, 1.54) is 0 Å². The van der Waals surface area contributed by atoms with Gasteiger partial charge in [0.2, 0.25) is 0 Å². The minimum absolute atomic E-state index is 0.0129. The van der Waals surface area contributed by atoms with Crippen molar-refractivity contribution in [2.24, 2.45) is 0 Å². The largest absolute Gasteiger partial charge is 0.506 e. The number of phenolic OH excluding ortho intramolecular Hbond substituents is 1. The molecule has 8 heteroatoms. The predicted octanol–water partition coefficient (Wildman–Crippen LogP) is 4.48. The standard InChI is InChI=1S/C22H23N3O4S/c1-25(2)10-11-29-22(28)23-18-6-3-15(4-7-18)21(27)24-19-13-16(5-8-20(19)26)17-9-12-30-14-17/h3-9,12-14,26H,10-11H2,1-2H3,(H,23,28)(H,24,27). The molecule has 2 aromatic carbocycles. The lowest BCUT2D eigenvalue weighted by atomic mass is 10.1. The van der Waals surface area contributed by atoms with Crippen LogP contribution in [0.2, 0.25) is 0 Å².